The number of ether oxygens (including phenoxy) is 1. The zero-order valence-corrected chi connectivity index (χ0v) is 23.3. The highest BCUT2D eigenvalue weighted by Gasteiger charge is 2.52. The number of carbonyl (C=O) groups excluding carboxylic acids is 3. The van der Waals surface area contributed by atoms with Crippen LogP contribution >= 0.6 is 12.4 Å². The molecule has 0 aromatic heterocycles. The van der Waals surface area contributed by atoms with E-state index in [9.17, 15) is 19.2 Å². The second kappa shape index (κ2) is 13.2. The second-order valence-corrected chi connectivity index (χ2v) is 10.5. The van der Waals surface area contributed by atoms with E-state index in [1.807, 2.05) is 36.4 Å². The topological polar surface area (TPSA) is 101 Å². The SMILES string of the molecule is CC(C)N(CCOC(=O)C1(c2ccccc2)CC(=O)C1)C(C)C.Cl.O=C1CC(C(=O)O)(c2ccccc2)C1. The Balaban J connectivity index is 0.000000289. The van der Waals surface area contributed by atoms with E-state index in [2.05, 4.69) is 32.6 Å². The third-order valence-corrected chi connectivity index (χ3v) is 7.36. The van der Waals surface area contributed by atoms with Crippen LogP contribution in [-0.2, 0) is 34.7 Å². The normalized spacial score (nSPS) is 17.0. The predicted octanol–water partition coefficient (Wildman–Crippen LogP) is 4.74. The second-order valence-electron chi connectivity index (χ2n) is 10.5. The van der Waals surface area contributed by atoms with E-state index in [1.54, 1.807) is 24.3 Å². The highest BCUT2D eigenvalue weighted by molar-refractivity contribution is 6.02. The number of carboxylic acids is 1. The van der Waals surface area contributed by atoms with E-state index < -0.39 is 16.8 Å². The summed E-state index contributed by atoms with van der Waals surface area (Å²) in [5, 5.41) is 9.10. The Morgan fingerprint density at radius 2 is 1.18 bits per heavy atom. The maximum absolute atomic E-state index is 12.6. The molecule has 0 aliphatic heterocycles. The molecule has 0 amide bonds. The van der Waals surface area contributed by atoms with Crippen molar-refractivity contribution < 1.29 is 29.0 Å². The van der Waals surface area contributed by atoms with Crippen LogP contribution in [0.1, 0.15) is 64.5 Å². The van der Waals surface area contributed by atoms with Crippen molar-refractivity contribution in [2.24, 2.45) is 0 Å². The van der Waals surface area contributed by atoms with E-state index in [4.69, 9.17) is 9.84 Å². The van der Waals surface area contributed by atoms with Crippen molar-refractivity contribution in [1.29, 1.82) is 0 Å². The third kappa shape index (κ3) is 6.69. The third-order valence-electron chi connectivity index (χ3n) is 7.36. The summed E-state index contributed by atoms with van der Waals surface area (Å²) in [4.78, 5) is 48.5. The van der Waals surface area contributed by atoms with Crippen LogP contribution in [0.15, 0.2) is 60.7 Å². The highest BCUT2D eigenvalue weighted by Crippen LogP contribution is 2.43. The van der Waals surface area contributed by atoms with Crippen LogP contribution in [0.25, 0.3) is 0 Å². The number of Topliss-reactive ketones (excluding diaryl/α,β-unsaturated/α-hetero) is 2. The monoisotopic (exact) mass is 543 g/mol. The Morgan fingerprint density at radius 1 is 0.789 bits per heavy atom. The molecule has 7 nitrogen and oxygen atoms in total. The van der Waals surface area contributed by atoms with Gasteiger partial charge in [-0.2, -0.15) is 0 Å². The number of carboxylic acid groups (broad SMARTS) is 1. The summed E-state index contributed by atoms with van der Waals surface area (Å²) in [6, 6.07) is 19.3. The number of benzene rings is 2. The van der Waals surface area contributed by atoms with Gasteiger partial charge in [-0.1, -0.05) is 60.7 Å². The smallest absolute Gasteiger partial charge is 0.317 e. The molecule has 38 heavy (non-hydrogen) atoms. The fourth-order valence-corrected chi connectivity index (χ4v) is 5.20. The van der Waals surface area contributed by atoms with Crippen LogP contribution in [-0.4, -0.2) is 58.7 Å². The van der Waals surface area contributed by atoms with Gasteiger partial charge in [0.1, 0.15) is 29.0 Å². The zero-order chi connectivity index (χ0) is 27.2. The quantitative estimate of drug-likeness (QED) is 0.456. The summed E-state index contributed by atoms with van der Waals surface area (Å²) in [7, 11) is 0. The molecule has 2 saturated carbocycles. The highest BCUT2D eigenvalue weighted by atomic mass is 35.5. The van der Waals surface area contributed by atoms with Crippen LogP contribution in [0.5, 0.6) is 0 Å². The Bertz CT molecular complexity index is 1090. The standard InChI is InChI=1S/C19H27NO3.C11H10O3.ClH/c1-14(2)20(15(3)4)10-11-23-18(22)19(12-17(21)13-19)16-8-6-5-7-9-16;12-9-6-11(7-9,10(13)14)8-4-2-1-3-5-8;/h5-9,14-15H,10-13H2,1-4H3;1-5H,6-7H2,(H,13,14);1H. The largest absolute Gasteiger partial charge is 0.481 e. The molecule has 0 unspecified atom stereocenters. The number of hydrogen-bond acceptors (Lipinski definition) is 6. The van der Waals surface area contributed by atoms with Crippen molar-refractivity contribution in [3.05, 3.63) is 71.8 Å². The molecule has 0 atom stereocenters. The Hall–Kier alpha value is -3.03. The molecule has 0 saturated heterocycles. The minimum Gasteiger partial charge on any atom is -0.481 e. The first kappa shape index (κ1) is 31.2. The van der Waals surface area contributed by atoms with Crippen molar-refractivity contribution in [2.75, 3.05) is 13.2 Å². The van der Waals surface area contributed by atoms with E-state index in [-0.39, 0.29) is 55.6 Å². The van der Waals surface area contributed by atoms with Gasteiger partial charge in [0, 0.05) is 44.3 Å². The van der Waals surface area contributed by atoms with Crippen LogP contribution in [0.4, 0.5) is 0 Å². The molecule has 1 N–H and O–H groups in total. The predicted molar refractivity (Wildman–Crippen MR) is 148 cm³/mol. The molecule has 4 rings (SSSR count). The first-order chi connectivity index (χ1) is 17.5. The van der Waals surface area contributed by atoms with Gasteiger partial charge in [0.05, 0.1) is 0 Å². The lowest BCUT2D eigenvalue weighted by Gasteiger charge is -2.38. The number of hydrogen-bond donors (Lipinski definition) is 1. The molecule has 2 aliphatic rings. The number of rotatable bonds is 9. The number of aliphatic carboxylic acids is 1. The summed E-state index contributed by atoms with van der Waals surface area (Å²) in [6.45, 7) is 9.61. The summed E-state index contributed by atoms with van der Waals surface area (Å²) in [6.07, 6.45) is 0.778. The van der Waals surface area contributed by atoms with Gasteiger partial charge in [0.25, 0.3) is 0 Å². The molecule has 2 fully saturated rings. The fourth-order valence-electron chi connectivity index (χ4n) is 5.20. The Morgan fingerprint density at radius 3 is 1.55 bits per heavy atom. The summed E-state index contributed by atoms with van der Waals surface area (Å²) < 4.78 is 5.55. The van der Waals surface area contributed by atoms with Crippen molar-refractivity contribution in [3.8, 4) is 0 Å². The number of carbonyl (C=O) groups is 4. The van der Waals surface area contributed by atoms with Gasteiger partial charge >= 0.3 is 11.9 Å². The summed E-state index contributed by atoms with van der Waals surface area (Å²) in [5.74, 6) is -1.02. The average Bonchev–Trinajstić information content (AvgIpc) is 2.83. The van der Waals surface area contributed by atoms with E-state index in [1.165, 1.54) is 0 Å². The fraction of sp³-hybridized carbons (Fsp3) is 0.467. The lowest BCUT2D eigenvalue weighted by atomic mass is 9.63. The van der Waals surface area contributed by atoms with Crippen molar-refractivity contribution in [3.63, 3.8) is 0 Å². The maximum atomic E-state index is 12.6. The van der Waals surface area contributed by atoms with Crippen LogP contribution in [0, 0.1) is 0 Å². The number of halogens is 1. The maximum Gasteiger partial charge on any atom is 0.317 e. The van der Waals surface area contributed by atoms with Gasteiger partial charge in [-0.05, 0) is 38.8 Å². The van der Waals surface area contributed by atoms with Gasteiger partial charge in [-0.25, -0.2) is 0 Å². The van der Waals surface area contributed by atoms with Crippen molar-refractivity contribution in [1.82, 2.24) is 4.90 Å². The lowest BCUT2D eigenvalue weighted by molar-refractivity contribution is -0.159. The zero-order valence-electron chi connectivity index (χ0n) is 22.5. The van der Waals surface area contributed by atoms with Gasteiger partial charge in [0.2, 0.25) is 0 Å². The minimum absolute atomic E-state index is 0. The number of esters is 1. The molecule has 0 spiro atoms. The Labute approximate surface area is 231 Å². The molecule has 2 aliphatic carbocycles. The minimum atomic E-state index is -0.946. The molecule has 2 aromatic rings. The summed E-state index contributed by atoms with van der Waals surface area (Å²) >= 11 is 0. The molecular formula is C30H38ClNO6. The first-order valence-corrected chi connectivity index (χ1v) is 12.8. The molecule has 2 aromatic carbocycles. The molecule has 0 radical (unpaired) electrons. The van der Waals surface area contributed by atoms with E-state index in [0.29, 0.717) is 25.2 Å². The van der Waals surface area contributed by atoms with E-state index >= 15 is 0 Å². The van der Waals surface area contributed by atoms with Crippen LogP contribution in [0.2, 0.25) is 0 Å². The summed E-state index contributed by atoms with van der Waals surface area (Å²) in [5.41, 5.74) is -0.0988. The van der Waals surface area contributed by atoms with E-state index in [0.717, 1.165) is 11.1 Å². The lowest BCUT2D eigenvalue weighted by Crippen LogP contribution is -2.50. The first-order valence-electron chi connectivity index (χ1n) is 12.8. The van der Waals surface area contributed by atoms with Crippen molar-refractivity contribution >= 4 is 35.9 Å². The molecule has 206 valence electrons. The van der Waals surface area contributed by atoms with Gasteiger partial charge in [-0.3, -0.25) is 24.1 Å². The molecular weight excluding hydrogens is 506 g/mol. The molecule has 8 heteroatoms. The van der Waals surface area contributed by atoms with Crippen LogP contribution < -0.4 is 0 Å². The number of ketones is 2. The Kier molecular flexibility index (Phi) is 10.8. The molecule has 0 bridgehead atoms. The van der Waals surface area contributed by atoms with Crippen LogP contribution in [0.3, 0.4) is 0 Å². The number of nitrogens with zero attached hydrogens (tertiary/aromatic N) is 1. The van der Waals surface area contributed by atoms with Gasteiger partial charge < -0.3 is 9.84 Å². The van der Waals surface area contributed by atoms with Crippen molar-refractivity contribution in [2.45, 2.75) is 76.3 Å². The van der Waals surface area contributed by atoms with Gasteiger partial charge in [0.15, 0.2) is 0 Å². The van der Waals surface area contributed by atoms with Gasteiger partial charge in [-0.15, -0.1) is 12.4 Å². The molecule has 0 heterocycles. The average molecular weight is 544 g/mol.